The molecule has 0 radical (unpaired) electrons. The Morgan fingerprint density at radius 1 is 0.373 bits per heavy atom. The van der Waals surface area contributed by atoms with E-state index in [0.717, 1.165) is 103 Å². The van der Waals surface area contributed by atoms with Crippen molar-refractivity contribution < 1.29 is 28.6 Å². The second-order valence-corrected chi connectivity index (χ2v) is 16.4. The molecule has 0 aromatic heterocycles. The SMILES string of the molecule is CC/C=C\C/C=C\CCCCC(=O)OCC(COC(=O)CCCCCCC/C=C\C=C/CCCCCCCCC)OC(=O)CCCCC/C=C\CCCCCCCCC. The molecule has 0 rings (SSSR count). The van der Waals surface area contributed by atoms with Crippen LogP contribution in [0, 0.1) is 0 Å². The smallest absolute Gasteiger partial charge is 0.306 e. The number of rotatable bonds is 44. The molecule has 0 saturated heterocycles. The third kappa shape index (κ3) is 46.0. The predicted molar refractivity (Wildman–Crippen MR) is 251 cm³/mol. The number of hydrogen-bond donors (Lipinski definition) is 0. The van der Waals surface area contributed by atoms with Gasteiger partial charge in [0.15, 0.2) is 6.10 Å². The lowest BCUT2D eigenvalue weighted by Crippen LogP contribution is -2.30. The Morgan fingerprint density at radius 3 is 1.19 bits per heavy atom. The molecule has 0 amide bonds. The lowest BCUT2D eigenvalue weighted by atomic mass is 10.1. The first kappa shape index (κ1) is 56.1. The second-order valence-electron chi connectivity index (χ2n) is 16.4. The molecule has 0 aliphatic carbocycles. The van der Waals surface area contributed by atoms with E-state index in [1.165, 1.54) is 96.3 Å². The molecule has 0 aromatic carbocycles. The van der Waals surface area contributed by atoms with Crippen LogP contribution in [0.3, 0.4) is 0 Å². The fourth-order valence-corrected chi connectivity index (χ4v) is 6.76. The van der Waals surface area contributed by atoms with E-state index in [9.17, 15) is 14.4 Å². The van der Waals surface area contributed by atoms with Crippen molar-refractivity contribution in [3.63, 3.8) is 0 Å². The van der Waals surface area contributed by atoms with Crippen molar-refractivity contribution in [2.45, 2.75) is 245 Å². The van der Waals surface area contributed by atoms with Crippen molar-refractivity contribution >= 4 is 17.9 Å². The van der Waals surface area contributed by atoms with Gasteiger partial charge >= 0.3 is 17.9 Å². The third-order valence-corrected chi connectivity index (χ3v) is 10.5. The monoisotopic (exact) mass is 825 g/mol. The van der Waals surface area contributed by atoms with Crippen LogP contribution in [0.15, 0.2) is 60.8 Å². The summed E-state index contributed by atoms with van der Waals surface area (Å²) >= 11 is 0. The van der Waals surface area contributed by atoms with Gasteiger partial charge in [-0.2, -0.15) is 0 Å². The van der Waals surface area contributed by atoms with Crippen LogP contribution in [-0.2, 0) is 28.6 Å². The molecule has 0 aromatic rings. The van der Waals surface area contributed by atoms with Gasteiger partial charge in [0.1, 0.15) is 13.2 Å². The Labute approximate surface area is 364 Å². The van der Waals surface area contributed by atoms with Gasteiger partial charge in [-0.05, 0) is 96.3 Å². The van der Waals surface area contributed by atoms with Crippen molar-refractivity contribution in [3.8, 4) is 0 Å². The Hall–Kier alpha value is -2.89. The van der Waals surface area contributed by atoms with E-state index in [1.54, 1.807) is 0 Å². The van der Waals surface area contributed by atoms with E-state index in [1.807, 2.05) is 0 Å². The minimum atomic E-state index is -0.799. The van der Waals surface area contributed by atoms with Crippen molar-refractivity contribution in [3.05, 3.63) is 60.8 Å². The summed E-state index contributed by atoms with van der Waals surface area (Å²) in [6.45, 7) is 6.44. The Balaban J connectivity index is 4.39. The van der Waals surface area contributed by atoms with Gasteiger partial charge in [0.2, 0.25) is 0 Å². The summed E-state index contributed by atoms with van der Waals surface area (Å²) in [4.78, 5) is 37.8. The van der Waals surface area contributed by atoms with Crippen LogP contribution in [-0.4, -0.2) is 37.2 Å². The summed E-state index contributed by atoms with van der Waals surface area (Å²) < 4.78 is 16.7. The van der Waals surface area contributed by atoms with Gasteiger partial charge in [-0.1, -0.05) is 184 Å². The summed E-state index contributed by atoms with van der Waals surface area (Å²) in [5, 5.41) is 0. The molecule has 0 fully saturated rings. The van der Waals surface area contributed by atoms with E-state index < -0.39 is 6.10 Å². The zero-order chi connectivity index (χ0) is 43.0. The second kappa shape index (κ2) is 47.8. The zero-order valence-corrected chi connectivity index (χ0v) is 38.8. The maximum absolute atomic E-state index is 12.7. The lowest BCUT2D eigenvalue weighted by Gasteiger charge is -2.18. The van der Waals surface area contributed by atoms with Gasteiger partial charge in [0.25, 0.3) is 0 Å². The number of unbranched alkanes of at least 4 members (excludes halogenated alkanes) is 24. The number of esters is 3. The van der Waals surface area contributed by atoms with Crippen molar-refractivity contribution in [2.75, 3.05) is 13.2 Å². The Morgan fingerprint density at radius 2 is 0.712 bits per heavy atom. The molecule has 0 N–H and O–H groups in total. The molecular weight excluding hydrogens is 733 g/mol. The van der Waals surface area contributed by atoms with E-state index in [4.69, 9.17) is 14.2 Å². The van der Waals surface area contributed by atoms with Gasteiger partial charge in [0, 0.05) is 19.3 Å². The molecule has 0 aliphatic heterocycles. The summed E-state index contributed by atoms with van der Waals surface area (Å²) in [6.07, 6.45) is 57.9. The van der Waals surface area contributed by atoms with Crippen molar-refractivity contribution in [1.82, 2.24) is 0 Å². The molecule has 340 valence electrons. The first-order valence-electron chi connectivity index (χ1n) is 24.8. The number of hydrogen-bond acceptors (Lipinski definition) is 6. The molecule has 0 heterocycles. The molecule has 6 heteroatoms. The fourth-order valence-electron chi connectivity index (χ4n) is 6.76. The van der Waals surface area contributed by atoms with E-state index in [0.29, 0.717) is 19.3 Å². The highest BCUT2D eigenvalue weighted by Gasteiger charge is 2.19. The normalized spacial score (nSPS) is 12.5. The van der Waals surface area contributed by atoms with E-state index >= 15 is 0 Å². The van der Waals surface area contributed by atoms with E-state index in [2.05, 4.69) is 81.5 Å². The average molecular weight is 825 g/mol. The highest BCUT2D eigenvalue weighted by atomic mass is 16.6. The topological polar surface area (TPSA) is 78.9 Å². The first-order chi connectivity index (χ1) is 29.0. The van der Waals surface area contributed by atoms with Crippen molar-refractivity contribution in [2.24, 2.45) is 0 Å². The van der Waals surface area contributed by atoms with Crippen LogP contribution >= 0.6 is 0 Å². The average Bonchev–Trinajstić information content (AvgIpc) is 3.23. The minimum absolute atomic E-state index is 0.0987. The maximum Gasteiger partial charge on any atom is 0.306 e. The maximum atomic E-state index is 12.7. The zero-order valence-electron chi connectivity index (χ0n) is 38.8. The molecular formula is C53H92O6. The number of ether oxygens (including phenoxy) is 3. The number of carbonyl (C=O) groups excluding carboxylic acids is 3. The molecule has 0 aliphatic rings. The summed E-state index contributed by atoms with van der Waals surface area (Å²) in [5.41, 5.74) is 0. The van der Waals surface area contributed by atoms with Crippen LogP contribution in [0.5, 0.6) is 0 Å². The van der Waals surface area contributed by atoms with Gasteiger partial charge in [-0.25, -0.2) is 0 Å². The summed E-state index contributed by atoms with van der Waals surface area (Å²) in [6, 6.07) is 0. The summed E-state index contributed by atoms with van der Waals surface area (Å²) in [7, 11) is 0. The number of allylic oxidation sites excluding steroid dienone is 10. The predicted octanol–water partition coefficient (Wildman–Crippen LogP) is 16.1. The lowest BCUT2D eigenvalue weighted by molar-refractivity contribution is -0.167. The van der Waals surface area contributed by atoms with Gasteiger partial charge in [-0.15, -0.1) is 0 Å². The van der Waals surface area contributed by atoms with Crippen LogP contribution in [0.1, 0.15) is 239 Å². The van der Waals surface area contributed by atoms with Gasteiger partial charge in [-0.3, -0.25) is 14.4 Å². The standard InChI is InChI=1S/C53H92O6/c1-4-7-10-13-16-19-21-23-25-26-27-28-30-31-34-37-40-43-46-52(55)58-49-50(48-57-51(54)45-42-39-36-33-18-15-12-9-6-3)59-53(56)47-44-41-38-35-32-29-24-22-20-17-14-11-8-5-2/h9,12,18,25-29,32-33,50H,4-8,10-11,13-17,19-24,30-31,34-49H2,1-3H3/b12-9-,26-25-,28-27-,32-29-,33-18-. The van der Waals surface area contributed by atoms with Crippen LogP contribution in [0.4, 0.5) is 0 Å². The molecule has 1 atom stereocenters. The largest absolute Gasteiger partial charge is 0.462 e. The molecule has 0 saturated carbocycles. The highest BCUT2D eigenvalue weighted by molar-refractivity contribution is 5.71. The van der Waals surface area contributed by atoms with Gasteiger partial charge in [0.05, 0.1) is 0 Å². The van der Waals surface area contributed by atoms with E-state index in [-0.39, 0.29) is 31.1 Å². The summed E-state index contributed by atoms with van der Waals surface area (Å²) in [5.74, 6) is -0.966. The van der Waals surface area contributed by atoms with Crippen LogP contribution in [0.2, 0.25) is 0 Å². The molecule has 6 nitrogen and oxygen atoms in total. The van der Waals surface area contributed by atoms with Crippen LogP contribution < -0.4 is 0 Å². The molecule has 0 spiro atoms. The Kier molecular flexibility index (Phi) is 45.4. The van der Waals surface area contributed by atoms with Gasteiger partial charge < -0.3 is 14.2 Å². The molecule has 1 unspecified atom stereocenters. The van der Waals surface area contributed by atoms with Crippen molar-refractivity contribution in [1.29, 1.82) is 0 Å². The number of carbonyl (C=O) groups is 3. The first-order valence-corrected chi connectivity index (χ1v) is 24.8. The fraction of sp³-hybridized carbons (Fsp3) is 0.755. The van der Waals surface area contributed by atoms with Crippen LogP contribution in [0.25, 0.3) is 0 Å². The molecule has 0 bridgehead atoms. The quantitative estimate of drug-likeness (QED) is 0.0200. The molecule has 59 heavy (non-hydrogen) atoms. The Bertz CT molecular complexity index is 1090. The third-order valence-electron chi connectivity index (χ3n) is 10.5. The minimum Gasteiger partial charge on any atom is -0.462 e. The highest BCUT2D eigenvalue weighted by Crippen LogP contribution is 2.13.